The molecule has 0 atom stereocenters. The molecule has 1 fully saturated rings. The molecule has 0 aromatic carbocycles. The second-order valence-electron chi connectivity index (χ2n) is 3.52. The lowest BCUT2D eigenvalue weighted by atomic mass is 9.98. The van der Waals surface area contributed by atoms with E-state index in [9.17, 15) is 9.59 Å². The van der Waals surface area contributed by atoms with Crippen LogP contribution in [0.3, 0.4) is 0 Å². The Balaban J connectivity index is 2.52. The van der Waals surface area contributed by atoms with E-state index < -0.39 is 17.5 Å². The van der Waals surface area contributed by atoms with Crippen molar-refractivity contribution in [1.82, 2.24) is 5.32 Å². The Labute approximate surface area is 82.4 Å². The Morgan fingerprint density at radius 3 is 2.43 bits per heavy atom. The standard InChI is InChI=1S/C9H15NO4/c1-14-7(11)6-10-9(8(12)13)4-2-3-5-9/h10H,2-6H2,1H3,(H,12,13). The SMILES string of the molecule is COC(=O)CNC1(C(=O)O)CCCC1. The zero-order valence-electron chi connectivity index (χ0n) is 8.21. The zero-order chi connectivity index (χ0) is 10.6. The lowest BCUT2D eigenvalue weighted by Crippen LogP contribution is -2.51. The van der Waals surface area contributed by atoms with Gasteiger partial charge >= 0.3 is 11.9 Å². The Morgan fingerprint density at radius 1 is 1.43 bits per heavy atom. The number of carbonyl (C=O) groups is 2. The van der Waals surface area contributed by atoms with Gasteiger partial charge in [-0.15, -0.1) is 0 Å². The summed E-state index contributed by atoms with van der Waals surface area (Å²) in [6.45, 7) is -0.0389. The number of rotatable bonds is 4. The third-order valence-corrected chi connectivity index (χ3v) is 2.67. The topological polar surface area (TPSA) is 75.6 Å². The molecular formula is C9H15NO4. The number of hydrogen-bond acceptors (Lipinski definition) is 4. The van der Waals surface area contributed by atoms with Crippen molar-refractivity contribution >= 4 is 11.9 Å². The van der Waals surface area contributed by atoms with Crippen LogP contribution in [0.25, 0.3) is 0 Å². The van der Waals surface area contributed by atoms with E-state index in [0.717, 1.165) is 12.8 Å². The zero-order valence-corrected chi connectivity index (χ0v) is 8.21. The van der Waals surface area contributed by atoms with Crippen molar-refractivity contribution in [2.24, 2.45) is 0 Å². The number of methoxy groups -OCH3 is 1. The minimum Gasteiger partial charge on any atom is -0.480 e. The smallest absolute Gasteiger partial charge is 0.323 e. The molecule has 2 N–H and O–H groups in total. The molecule has 1 aliphatic rings. The molecule has 1 saturated carbocycles. The molecule has 80 valence electrons. The molecular weight excluding hydrogens is 186 g/mol. The lowest BCUT2D eigenvalue weighted by Gasteiger charge is -2.24. The van der Waals surface area contributed by atoms with Crippen molar-refractivity contribution < 1.29 is 19.4 Å². The summed E-state index contributed by atoms with van der Waals surface area (Å²) in [6.07, 6.45) is 2.94. The Hall–Kier alpha value is -1.10. The highest BCUT2D eigenvalue weighted by Gasteiger charge is 2.41. The number of esters is 1. The highest BCUT2D eigenvalue weighted by atomic mass is 16.5. The molecule has 0 aromatic heterocycles. The number of carboxylic acid groups (broad SMARTS) is 1. The second kappa shape index (κ2) is 4.41. The van der Waals surface area contributed by atoms with E-state index in [0.29, 0.717) is 12.8 Å². The highest BCUT2D eigenvalue weighted by Crippen LogP contribution is 2.29. The van der Waals surface area contributed by atoms with Crippen LogP contribution in [0.2, 0.25) is 0 Å². The van der Waals surface area contributed by atoms with Gasteiger partial charge in [0.2, 0.25) is 0 Å². The summed E-state index contributed by atoms with van der Waals surface area (Å²) in [6, 6.07) is 0. The van der Waals surface area contributed by atoms with Crippen LogP contribution in [0.5, 0.6) is 0 Å². The molecule has 0 spiro atoms. The fourth-order valence-electron chi connectivity index (χ4n) is 1.76. The monoisotopic (exact) mass is 201 g/mol. The average molecular weight is 201 g/mol. The van der Waals surface area contributed by atoms with Gasteiger partial charge in [0.25, 0.3) is 0 Å². The van der Waals surface area contributed by atoms with E-state index in [1.54, 1.807) is 0 Å². The van der Waals surface area contributed by atoms with Crippen molar-refractivity contribution in [2.45, 2.75) is 31.2 Å². The maximum absolute atomic E-state index is 11.0. The molecule has 0 bridgehead atoms. The van der Waals surface area contributed by atoms with Gasteiger partial charge in [-0.2, -0.15) is 0 Å². The van der Waals surface area contributed by atoms with Crippen molar-refractivity contribution in [3.05, 3.63) is 0 Å². The van der Waals surface area contributed by atoms with Crippen molar-refractivity contribution in [1.29, 1.82) is 0 Å². The number of nitrogens with one attached hydrogen (secondary N) is 1. The second-order valence-corrected chi connectivity index (χ2v) is 3.52. The molecule has 0 unspecified atom stereocenters. The number of aliphatic carboxylic acids is 1. The third-order valence-electron chi connectivity index (χ3n) is 2.67. The van der Waals surface area contributed by atoms with Crippen LogP contribution in [0.1, 0.15) is 25.7 Å². The van der Waals surface area contributed by atoms with Crippen LogP contribution in [-0.4, -0.2) is 36.2 Å². The first kappa shape index (κ1) is 11.0. The quantitative estimate of drug-likeness (QED) is 0.633. The summed E-state index contributed by atoms with van der Waals surface area (Å²) in [5.41, 5.74) is -0.909. The van der Waals surface area contributed by atoms with Crippen LogP contribution in [-0.2, 0) is 14.3 Å². The fourth-order valence-corrected chi connectivity index (χ4v) is 1.76. The molecule has 0 aromatic rings. The molecule has 0 aliphatic heterocycles. The molecule has 5 nitrogen and oxygen atoms in total. The molecule has 0 saturated heterocycles. The Bertz CT molecular complexity index is 233. The Kier molecular flexibility index (Phi) is 3.46. The lowest BCUT2D eigenvalue weighted by molar-refractivity contribution is -0.146. The maximum atomic E-state index is 11.0. The van der Waals surface area contributed by atoms with Gasteiger partial charge in [-0.1, -0.05) is 12.8 Å². The summed E-state index contributed by atoms with van der Waals surface area (Å²) >= 11 is 0. The van der Waals surface area contributed by atoms with Gasteiger partial charge in [0.05, 0.1) is 13.7 Å². The van der Waals surface area contributed by atoms with Crippen molar-refractivity contribution in [3.8, 4) is 0 Å². The van der Waals surface area contributed by atoms with Crippen LogP contribution in [0.4, 0.5) is 0 Å². The van der Waals surface area contributed by atoms with E-state index in [1.165, 1.54) is 7.11 Å². The highest BCUT2D eigenvalue weighted by molar-refractivity contribution is 5.80. The van der Waals surface area contributed by atoms with Gasteiger partial charge < -0.3 is 9.84 Å². The molecule has 0 radical (unpaired) electrons. The summed E-state index contributed by atoms with van der Waals surface area (Å²) in [5, 5.41) is 11.8. The first-order chi connectivity index (χ1) is 6.60. The number of carboxylic acids is 1. The number of ether oxygens (including phenoxy) is 1. The largest absolute Gasteiger partial charge is 0.480 e. The van der Waals surface area contributed by atoms with Crippen LogP contribution in [0.15, 0.2) is 0 Å². The summed E-state index contributed by atoms with van der Waals surface area (Å²) < 4.78 is 4.44. The van der Waals surface area contributed by atoms with Gasteiger partial charge in [0.1, 0.15) is 5.54 Å². The average Bonchev–Trinajstić information content (AvgIpc) is 2.64. The predicted molar refractivity (Wildman–Crippen MR) is 48.9 cm³/mol. The summed E-state index contributed by atoms with van der Waals surface area (Å²) in [7, 11) is 1.28. The van der Waals surface area contributed by atoms with Gasteiger partial charge in [0.15, 0.2) is 0 Å². The first-order valence-corrected chi connectivity index (χ1v) is 4.66. The number of carbonyl (C=O) groups excluding carboxylic acids is 1. The normalized spacial score (nSPS) is 19.2. The van der Waals surface area contributed by atoms with Crippen LogP contribution >= 0.6 is 0 Å². The molecule has 14 heavy (non-hydrogen) atoms. The van der Waals surface area contributed by atoms with Gasteiger partial charge in [-0.25, -0.2) is 0 Å². The van der Waals surface area contributed by atoms with Crippen molar-refractivity contribution in [2.75, 3.05) is 13.7 Å². The minimum absolute atomic E-state index is 0.0389. The third kappa shape index (κ3) is 2.23. The Morgan fingerprint density at radius 2 is 2.00 bits per heavy atom. The molecule has 1 rings (SSSR count). The molecule has 0 heterocycles. The van der Waals surface area contributed by atoms with E-state index in [2.05, 4.69) is 10.1 Å². The first-order valence-electron chi connectivity index (χ1n) is 4.66. The van der Waals surface area contributed by atoms with Crippen molar-refractivity contribution in [3.63, 3.8) is 0 Å². The van der Waals surface area contributed by atoms with E-state index in [-0.39, 0.29) is 6.54 Å². The predicted octanol–water partition coefficient (Wildman–Crippen LogP) is 0.146. The van der Waals surface area contributed by atoms with E-state index in [4.69, 9.17) is 5.11 Å². The van der Waals surface area contributed by atoms with E-state index >= 15 is 0 Å². The minimum atomic E-state index is -0.909. The van der Waals surface area contributed by atoms with E-state index in [1.807, 2.05) is 0 Å². The molecule has 5 heteroatoms. The molecule has 0 amide bonds. The van der Waals surface area contributed by atoms with Gasteiger partial charge in [-0.05, 0) is 12.8 Å². The maximum Gasteiger partial charge on any atom is 0.323 e. The van der Waals surface area contributed by atoms with Crippen LogP contribution in [0, 0.1) is 0 Å². The summed E-state index contributed by atoms with van der Waals surface area (Å²) in [5.74, 6) is -1.31. The number of hydrogen-bond donors (Lipinski definition) is 2. The molecule has 1 aliphatic carbocycles. The summed E-state index contributed by atoms with van der Waals surface area (Å²) in [4.78, 5) is 21.9. The van der Waals surface area contributed by atoms with Gasteiger partial charge in [-0.3, -0.25) is 14.9 Å². The van der Waals surface area contributed by atoms with Gasteiger partial charge in [0, 0.05) is 0 Å². The van der Waals surface area contributed by atoms with Crippen LogP contribution < -0.4 is 5.32 Å². The fraction of sp³-hybridized carbons (Fsp3) is 0.778.